The molecule has 1 rings (SSSR count). The molecule has 0 spiro atoms. The van der Waals surface area contributed by atoms with Gasteiger partial charge in [0.2, 0.25) is 0 Å². The van der Waals surface area contributed by atoms with E-state index in [1.54, 1.807) is 0 Å². The van der Waals surface area contributed by atoms with E-state index in [4.69, 9.17) is 0 Å². The first-order chi connectivity index (χ1) is 3.83. The zero-order chi connectivity index (χ0) is 5.98. The van der Waals surface area contributed by atoms with Gasteiger partial charge in [-0.3, -0.25) is 0 Å². The van der Waals surface area contributed by atoms with Crippen LogP contribution in [-0.4, -0.2) is 10.5 Å². The van der Waals surface area contributed by atoms with Crippen LogP contribution in [0.5, 0.6) is 0 Å². The summed E-state index contributed by atoms with van der Waals surface area (Å²) < 4.78 is 0. The summed E-state index contributed by atoms with van der Waals surface area (Å²) >= 11 is 2.17. The molecule has 0 aromatic heterocycles. The van der Waals surface area contributed by atoms with E-state index in [9.17, 15) is 0 Å². The van der Waals surface area contributed by atoms with Crippen molar-refractivity contribution in [1.82, 2.24) is 0 Å². The summed E-state index contributed by atoms with van der Waals surface area (Å²) in [6.07, 6.45) is 4.28. The second-order valence-corrected chi connectivity index (χ2v) is 4.30. The fourth-order valence-electron chi connectivity index (χ4n) is 1.19. The van der Waals surface area contributed by atoms with Crippen LogP contribution in [0.3, 0.4) is 0 Å². The van der Waals surface area contributed by atoms with Gasteiger partial charge in [-0.1, -0.05) is 13.8 Å². The zero-order valence-corrected chi connectivity index (χ0v) is 6.50. The standard InChI is InChI=1S/C7H14S/c1-3-7-5-4-6(2)8-7/h6-7H,3-5H2,1-2H3. The molecule has 0 N–H and O–H groups in total. The molecule has 0 saturated carbocycles. The second kappa shape index (κ2) is 2.77. The van der Waals surface area contributed by atoms with Crippen molar-refractivity contribution in [1.29, 1.82) is 0 Å². The maximum absolute atomic E-state index is 2.33. The van der Waals surface area contributed by atoms with Gasteiger partial charge in [-0.05, 0) is 19.3 Å². The zero-order valence-electron chi connectivity index (χ0n) is 5.68. The van der Waals surface area contributed by atoms with Crippen LogP contribution >= 0.6 is 11.8 Å². The average molecular weight is 130 g/mol. The van der Waals surface area contributed by atoms with Crippen LogP contribution in [0, 0.1) is 0 Å². The summed E-state index contributed by atoms with van der Waals surface area (Å²) in [7, 11) is 0. The van der Waals surface area contributed by atoms with Crippen molar-refractivity contribution in [3.8, 4) is 0 Å². The first-order valence-electron chi connectivity index (χ1n) is 3.48. The smallest absolute Gasteiger partial charge is 0.00475 e. The lowest BCUT2D eigenvalue weighted by Gasteiger charge is -2.02. The molecule has 8 heavy (non-hydrogen) atoms. The summed E-state index contributed by atoms with van der Waals surface area (Å²) in [4.78, 5) is 0. The molecule has 1 aliphatic heterocycles. The Hall–Kier alpha value is 0.350. The van der Waals surface area contributed by atoms with Crippen molar-refractivity contribution in [3.63, 3.8) is 0 Å². The summed E-state index contributed by atoms with van der Waals surface area (Å²) in [5, 5.41) is 1.94. The normalized spacial score (nSPS) is 38.2. The van der Waals surface area contributed by atoms with Crippen LogP contribution in [0.1, 0.15) is 33.1 Å². The van der Waals surface area contributed by atoms with E-state index in [1.165, 1.54) is 19.3 Å². The monoisotopic (exact) mass is 130 g/mol. The molecule has 2 atom stereocenters. The van der Waals surface area contributed by atoms with Gasteiger partial charge in [0.25, 0.3) is 0 Å². The molecule has 1 aliphatic rings. The van der Waals surface area contributed by atoms with Crippen molar-refractivity contribution in [2.75, 3.05) is 0 Å². The fraction of sp³-hybridized carbons (Fsp3) is 1.00. The van der Waals surface area contributed by atoms with Crippen molar-refractivity contribution in [2.45, 2.75) is 43.6 Å². The lowest BCUT2D eigenvalue weighted by Crippen LogP contribution is -1.91. The first-order valence-corrected chi connectivity index (χ1v) is 4.42. The molecular weight excluding hydrogens is 116 g/mol. The van der Waals surface area contributed by atoms with Gasteiger partial charge in [0.15, 0.2) is 0 Å². The minimum absolute atomic E-state index is 0.944. The van der Waals surface area contributed by atoms with Crippen molar-refractivity contribution in [2.24, 2.45) is 0 Å². The highest BCUT2D eigenvalue weighted by molar-refractivity contribution is 8.00. The van der Waals surface area contributed by atoms with E-state index < -0.39 is 0 Å². The molecule has 0 bridgehead atoms. The van der Waals surface area contributed by atoms with Crippen molar-refractivity contribution in [3.05, 3.63) is 0 Å². The Morgan fingerprint density at radius 1 is 1.50 bits per heavy atom. The molecule has 0 aromatic rings. The van der Waals surface area contributed by atoms with Gasteiger partial charge in [-0.25, -0.2) is 0 Å². The van der Waals surface area contributed by atoms with Gasteiger partial charge in [0.1, 0.15) is 0 Å². The Balaban J connectivity index is 2.22. The van der Waals surface area contributed by atoms with Crippen LogP contribution in [0.4, 0.5) is 0 Å². The molecule has 0 aliphatic carbocycles. The summed E-state index contributed by atoms with van der Waals surface area (Å²) in [6.45, 7) is 4.62. The molecule has 1 heterocycles. The molecule has 0 aromatic carbocycles. The van der Waals surface area contributed by atoms with E-state index >= 15 is 0 Å². The Kier molecular flexibility index (Phi) is 2.24. The van der Waals surface area contributed by atoms with Crippen molar-refractivity contribution >= 4 is 11.8 Å². The molecule has 1 fully saturated rings. The van der Waals surface area contributed by atoms with Gasteiger partial charge in [-0.15, -0.1) is 0 Å². The van der Waals surface area contributed by atoms with Crippen LogP contribution in [0.2, 0.25) is 0 Å². The van der Waals surface area contributed by atoms with Gasteiger partial charge >= 0.3 is 0 Å². The Bertz CT molecular complexity index is 70.8. The van der Waals surface area contributed by atoms with E-state index in [0.717, 1.165) is 10.5 Å². The Morgan fingerprint density at radius 3 is 2.50 bits per heavy atom. The summed E-state index contributed by atoms with van der Waals surface area (Å²) in [5.41, 5.74) is 0. The van der Waals surface area contributed by atoms with Crippen molar-refractivity contribution < 1.29 is 0 Å². The summed E-state index contributed by atoms with van der Waals surface area (Å²) in [5.74, 6) is 0. The first kappa shape index (κ1) is 6.47. The molecule has 0 nitrogen and oxygen atoms in total. The fourth-order valence-corrected chi connectivity index (χ4v) is 2.58. The lowest BCUT2D eigenvalue weighted by molar-refractivity contribution is 0.727. The Labute approximate surface area is 56.0 Å². The third-order valence-electron chi connectivity index (χ3n) is 1.78. The molecule has 2 unspecified atom stereocenters. The van der Waals surface area contributed by atoms with Gasteiger partial charge in [0, 0.05) is 10.5 Å². The van der Waals surface area contributed by atoms with Gasteiger partial charge in [0.05, 0.1) is 0 Å². The SMILES string of the molecule is CCC1CCC(C)S1. The minimum atomic E-state index is 0.944. The molecule has 1 heteroatoms. The third-order valence-corrected chi connectivity index (χ3v) is 3.43. The minimum Gasteiger partial charge on any atom is -0.155 e. The highest BCUT2D eigenvalue weighted by Gasteiger charge is 2.19. The second-order valence-electron chi connectivity index (χ2n) is 2.55. The predicted octanol–water partition coefficient (Wildman–Crippen LogP) is 2.68. The molecular formula is C7H14S. The van der Waals surface area contributed by atoms with E-state index in [2.05, 4.69) is 25.6 Å². The number of hydrogen-bond donors (Lipinski definition) is 0. The van der Waals surface area contributed by atoms with E-state index in [-0.39, 0.29) is 0 Å². The number of hydrogen-bond acceptors (Lipinski definition) is 1. The molecule has 0 amide bonds. The lowest BCUT2D eigenvalue weighted by atomic mass is 10.2. The molecule has 1 saturated heterocycles. The quantitative estimate of drug-likeness (QED) is 0.526. The maximum Gasteiger partial charge on any atom is 0.00475 e. The van der Waals surface area contributed by atoms with Crippen LogP contribution in [0.25, 0.3) is 0 Å². The third kappa shape index (κ3) is 1.41. The highest BCUT2D eigenvalue weighted by atomic mass is 32.2. The van der Waals surface area contributed by atoms with E-state index in [1.807, 2.05) is 0 Å². The van der Waals surface area contributed by atoms with E-state index in [0.29, 0.717) is 0 Å². The highest BCUT2D eigenvalue weighted by Crippen LogP contribution is 2.34. The van der Waals surface area contributed by atoms with Crippen LogP contribution < -0.4 is 0 Å². The molecule has 0 radical (unpaired) electrons. The molecule has 48 valence electrons. The van der Waals surface area contributed by atoms with Crippen LogP contribution in [0.15, 0.2) is 0 Å². The number of rotatable bonds is 1. The largest absolute Gasteiger partial charge is 0.155 e. The predicted molar refractivity (Wildman–Crippen MR) is 40.4 cm³/mol. The average Bonchev–Trinajstić information content (AvgIpc) is 2.14. The summed E-state index contributed by atoms with van der Waals surface area (Å²) in [6, 6.07) is 0. The maximum atomic E-state index is 2.33. The Morgan fingerprint density at radius 2 is 2.25 bits per heavy atom. The van der Waals surface area contributed by atoms with Gasteiger partial charge in [-0.2, -0.15) is 11.8 Å². The topological polar surface area (TPSA) is 0 Å². The number of thioether (sulfide) groups is 1. The van der Waals surface area contributed by atoms with Gasteiger partial charge < -0.3 is 0 Å². The van der Waals surface area contributed by atoms with Crippen LogP contribution in [-0.2, 0) is 0 Å².